The number of ether oxygens (including phenoxy) is 4. The highest BCUT2D eigenvalue weighted by Gasteiger charge is 2.30. The summed E-state index contributed by atoms with van der Waals surface area (Å²) < 4.78 is 68.6. The van der Waals surface area contributed by atoms with Gasteiger partial charge >= 0.3 is 39.5 Å². The van der Waals surface area contributed by atoms with E-state index in [0.717, 1.165) is 115 Å². The molecule has 0 saturated heterocycles. The smallest absolute Gasteiger partial charge is 0.462 e. The molecule has 0 aliphatic rings. The zero-order valence-electron chi connectivity index (χ0n) is 64.1. The maximum atomic E-state index is 13.1. The van der Waals surface area contributed by atoms with Crippen molar-refractivity contribution in [2.24, 2.45) is 5.92 Å². The Balaban J connectivity index is 5.28. The van der Waals surface area contributed by atoms with Gasteiger partial charge in [-0.05, 0) is 57.3 Å². The predicted molar refractivity (Wildman–Crippen MR) is 404 cm³/mol. The molecule has 0 heterocycles. The predicted octanol–water partition coefficient (Wildman–Crippen LogP) is 23.6. The quantitative estimate of drug-likeness (QED) is 0.0169. The van der Waals surface area contributed by atoms with Crippen molar-refractivity contribution in [3.8, 4) is 0 Å². The van der Waals surface area contributed by atoms with Crippen molar-refractivity contribution in [2.45, 2.75) is 419 Å². The molecule has 19 heteroatoms. The van der Waals surface area contributed by atoms with Crippen LogP contribution in [0.4, 0.5) is 0 Å². The number of carbonyl (C=O) groups is 4. The van der Waals surface area contributed by atoms with Gasteiger partial charge < -0.3 is 33.8 Å². The molecule has 3 unspecified atom stereocenters. The maximum absolute atomic E-state index is 13.1. The fraction of sp³-hybridized carbons (Fsp3) is 0.900. The third-order valence-corrected chi connectivity index (χ3v) is 20.4. The second kappa shape index (κ2) is 72.5. The Kier molecular flexibility index (Phi) is 70.7. The molecule has 0 spiro atoms. The van der Waals surface area contributed by atoms with Crippen molar-refractivity contribution in [3.63, 3.8) is 0 Å². The zero-order chi connectivity index (χ0) is 72.7. The fourth-order valence-corrected chi connectivity index (χ4v) is 13.4. The Hall–Kier alpha value is -2.46. The van der Waals surface area contributed by atoms with Crippen LogP contribution in [-0.4, -0.2) is 96.7 Å². The maximum Gasteiger partial charge on any atom is 0.472 e. The molecular formula is C80H152O17P2. The molecule has 6 atom stereocenters. The average molecular weight is 1450 g/mol. The fourth-order valence-electron chi connectivity index (χ4n) is 11.8. The van der Waals surface area contributed by atoms with E-state index < -0.39 is 97.5 Å². The van der Waals surface area contributed by atoms with Crippen LogP contribution >= 0.6 is 15.6 Å². The monoisotopic (exact) mass is 1450 g/mol. The van der Waals surface area contributed by atoms with Crippen LogP contribution in [0.15, 0.2) is 24.3 Å². The van der Waals surface area contributed by atoms with Gasteiger partial charge in [-0.25, -0.2) is 9.13 Å². The Labute approximate surface area is 605 Å². The van der Waals surface area contributed by atoms with Crippen molar-refractivity contribution in [1.29, 1.82) is 0 Å². The second-order valence-electron chi connectivity index (χ2n) is 28.4. The van der Waals surface area contributed by atoms with Gasteiger partial charge in [-0.1, -0.05) is 348 Å². The van der Waals surface area contributed by atoms with Crippen LogP contribution in [0.5, 0.6) is 0 Å². The van der Waals surface area contributed by atoms with E-state index in [1.54, 1.807) is 0 Å². The van der Waals surface area contributed by atoms with Gasteiger partial charge in [0.05, 0.1) is 26.4 Å². The average Bonchev–Trinajstić information content (AvgIpc) is 1.06. The van der Waals surface area contributed by atoms with Crippen LogP contribution in [0.2, 0.25) is 0 Å². The first-order valence-corrected chi connectivity index (χ1v) is 44.0. The molecule has 584 valence electrons. The Morgan fingerprint density at radius 3 is 0.859 bits per heavy atom. The highest BCUT2D eigenvalue weighted by molar-refractivity contribution is 7.47. The number of aliphatic hydroxyl groups is 1. The molecule has 0 aliphatic carbocycles. The van der Waals surface area contributed by atoms with E-state index in [-0.39, 0.29) is 25.7 Å². The van der Waals surface area contributed by atoms with Crippen LogP contribution in [-0.2, 0) is 65.4 Å². The van der Waals surface area contributed by atoms with Crippen LogP contribution < -0.4 is 0 Å². The van der Waals surface area contributed by atoms with E-state index in [9.17, 15) is 43.2 Å². The SMILES string of the molecule is CCCCCC/C=C\C=C/CCCCCCCC(=O)OC[C@H](COP(=O)(O)OC[C@@H](O)COP(=O)(O)OC[C@@H](COC(=O)CCCCCCCCCCCCC)OC(=O)CCCCCCCCCCCCC(C)CC)OC(=O)CCCCCCCCCCCCCCCCCCCCC. The topological polar surface area (TPSA) is 237 Å². The molecule has 0 aromatic carbocycles. The van der Waals surface area contributed by atoms with Crippen molar-refractivity contribution in [1.82, 2.24) is 0 Å². The minimum Gasteiger partial charge on any atom is -0.462 e. The normalized spacial score (nSPS) is 14.3. The first-order valence-electron chi connectivity index (χ1n) is 41.0. The molecule has 0 fully saturated rings. The molecule has 0 bridgehead atoms. The number of phosphoric ester groups is 2. The Morgan fingerprint density at radius 2 is 0.566 bits per heavy atom. The summed E-state index contributed by atoms with van der Waals surface area (Å²) in [4.78, 5) is 73.0. The molecule has 0 radical (unpaired) electrons. The lowest BCUT2D eigenvalue weighted by Crippen LogP contribution is -2.30. The summed E-state index contributed by atoms with van der Waals surface area (Å²) >= 11 is 0. The van der Waals surface area contributed by atoms with E-state index in [1.165, 1.54) is 205 Å². The number of hydrogen-bond acceptors (Lipinski definition) is 15. The van der Waals surface area contributed by atoms with Gasteiger partial charge in [0.1, 0.15) is 19.3 Å². The summed E-state index contributed by atoms with van der Waals surface area (Å²) in [6.07, 6.45) is 65.9. The van der Waals surface area contributed by atoms with Crippen LogP contribution in [0.25, 0.3) is 0 Å². The van der Waals surface area contributed by atoms with E-state index in [4.69, 9.17) is 37.0 Å². The van der Waals surface area contributed by atoms with Gasteiger partial charge in [0.2, 0.25) is 0 Å². The van der Waals surface area contributed by atoms with Gasteiger partial charge in [0.15, 0.2) is 12.2 Å². The number of hydrogen-bond donors (Lipinski definition) is 3. The van der Waals surface area contributed by atoms with E-state index in [1.807, 2.05) is 0 Å². The van der Waals surface area contributed by atoms with Crippen molar-refractivity contribution >= 4 is 39.5 Å². The summed E-state index contributed by atoms with van der Waals surface area (Å²) in [7, 11) is -9.93. The van der Waals surface area contributed by atoms with E-state index in [2.05, 4.69) is 58.9 Å². The van der Waals surface area contributed by atoms with Crippen LogP contribution in [0.1, 0.15) is 401 Å². The summed E-state index contributed by atoms with van der Waals surface area (Å²) in [5.74, 6) is -1.34. The highest BCUT2D eigenvalue weighted by atomic mass is 31.2. The number of allylic oxidation sites excluding steroid dienone is 4. The van der Waals surface area contributed by atoms with Crippen LogP contribution in [0.3, 0.4) is 0 Å². The molecule has 0 saturated carbocycles. The number of carbonyl (C=O) groups excluding carboxylic acids is 4. The van der Waals surface area contributed by atoms with Crippen molar-refractivity contribution in [3.05, 3.63) is 24.3 Å². The molecular weight excluding hydrogens is 1290 g/mol. The summed E-state index contributed by atoms with van der Waals surface area (Å²) in [6, 6.07) is 0. The lowest BCUT2D eigenvalue weighted by molar-refractivity contribution is -0.161. The minimum atomic E-state index is -4.97. The highest BCUT2D eigenvalue weighted by Crippen LogP contribution is 2.45. The van der Waals surface area contributed by atoms with E-state index in [0.29, 0.717) is 25.7 Å². The number of phosphoric acid groups is 2. The largest absolute Gasteiger partial charge is 0.472 e. The van der Waals surface area contributed by atoms with Gasteiger partial charge in [-0.15, -0.1) is 0 Å². The summed E-state index contributed by atoms with van der Waals surface area (Å²) in [5.41, 5.74) is 0. The Morgan fingerprint density at radius 1 is 0.323 bits per heavy atom. The lowest BCUT2D eigenvalue weighted by Gasteiger charge is -2.21. The first kappa shape index (κ1) is 96.5. The summed E-state index contributed by atoms with van der Waals surface area (Å²) in [6.45, 7) is 7.28. The third kappa shape index (κ3) is 72.3. The number of rotatable bonds is 78. The zero-order valence-corrected chi connectivity index (χ0v) is 65.9. The van der Waals surface area contributed by atoms with E-state index >= 15 is 0 Å². The molecule has 17 nitrogen and oxygen atoms in total. The third-order valence-electron chi connectivity index (χ3n) is 18.5. The van der Waals surface area contributed by atoms with Crippen molar-refractivity contribution < 1.29 is 80.2 Å². The lowest BCUT2D eigenvalue weighted by atomic mass is 9.99. The molecule has 0 rings (SSSR count). The first-order chi connectivity index (χ1) is 48.1. The minimum absolute atomic E-state index is 0.102. The standard InChI is InChI=1S/C80H152O17P2/c1-6-10-13-16-19-22-25-27-29-30-31-32-34-36-39-45-50-55-60-65-79(84)96-75(70-91-78(83)64-59-54-49-44-38-35-33-28-26-23-20-17-14-11-7-2)71-94-98(86,87)92-67-74(81)68-93-99(88,89)95-72-76(69-90-77(82)63-58-53-48-43-37-24-21-18-15-12-8-3)97-80(85)66-61-56-51-46-41-40-42-47-52-57-62-73(5)9-4/h23,26,28,33,73-76,81H,6-22,24-25,27,29-32,34-72H2,1-5H3,(H,86,87)(H,88,89)/b26-23-,33-28-/t73?,74-,75-,76-/m1/s1. The van der Waals surface area contributed by atoms with Gasteiger partial charge in [0.25, 0.3) is 0 Å². The molecule has 3 N–H and O–H groups in total. The van der Waals surface area contributed by atoms with Gasteiger partial charge in [-0.2, -0.15) is 0 Å². The van der Waals surface area contributed by atoms with Crippen LogP contribution in [0, 0.1) is 5.92 Å². The number of unbranched alkanes of at least 4 members (excludes halogenated alkanes) is 46. The van der Waals surface area contributed by atoms with Gasteiger partial charge in [0, 0.05) is 25.7 Å². The number of aliphatic hydroxyl groups excluding tert-OH is 1. The van der Waals surface area contributed by atoms with Gasteiger partial charge in [-0.3, -0.25) is 37.3 Å². The number of esters is 4. The molecule has 0 amide bonds. The van der Waals surface area contributed by atoms with Crippen molar-refractivity contribution in [2.75, 3.05) is 39.6 Å². The molecule has 99 heavy (non-hydrogen) atoms. The second-order valence-corrected chi connectivity index (χ2v) is 31.3. The molecule has 0 aromatic rings. The molecule has 0 aliphatic heterocycles. The summed E-state index contributed by atoms with van der Waals surface area (Å²) in [5, 5.41) is 10.6. The Bertz CT molecular complexity index is 1990. The molecule has 0 aromatic heterocycles.